The minimum atomic E-state index is -4.05. The Morgan fingerprint density at radius 2 is 2.16 bits per heavy atom. The molecule has 2 aromatic rings. The topological polar surface area (TPSA) is 125 Å². The Bertz CT molecular complexity index is 712. The Kier molecular flexibility index (Phi) is 3.28. The Balaban J connectivity index is 2.38. The highest BCUT2D eigenvalue weighted by atomic mass is 32.2. The molecule has 3 N–H and O–H groups in total. The number of H-pyrrole nitrogens is 1. The van der Waals surface area contributed by atoms with Gasteiger partial charge < -0.3 is 5.11 Å². The van der Waals surface area contributed by atoms with Gasteiger partial charge in [-0.05, 0) is 13.8 Å². The molecule has 2 rings (SSSR count). The van der Waals surface area contributed by atoms with Crippen molar-refractivity contribution in [3.05, 3.63) is 22.3 Å². The predicted octanol–water partition coefficient (Wildman–Crippen LogP) is 0.982. The maximum atomic E-state index is 12.0. The molecule has 0 saturated heterocycles. The van der Waals surface area contributed by atoms with Gasteiger partial charge in [-0.2, -0.15) is 13.5 Å². The van der Waals surface area contributed by atoms with E-state index in [1.165, 1.54) is 11.3 Å². The molecule has 0 amide bonds. The third-order valence-corrected chi connectivity index (χ3v) is 4.78. The second-order valence-electron chi connectivity index (χ2n) is 3.68. The minimum absolute atomic E-state index is 0.181. The van der Waals surface area contributed by atoms with Crippen LogP contribution in [-0.2, 0) is 10.0 Å². The standard InChI is InChI=1S/C9H10N4O4S2/c1-4-5(2)18-9(11-4)13-19(16,17)7-6(8(14)15)3-10-12-7/h3H,1-2H3,(H,10,12)(H,11,13)(H,14,15). The fourth-order valence-corrected chi connectivity index (χ4v) is 3.46. The number of nitrogens with zero attached hydrogens (tertiary/aromatic N) is 2. The summed E-state index contributed by atoms with van der Waals surface area (Å²) < 4.78 is 26.3. The average molecular weight is 302 g/mol. The van der Waals surface area contributed by atoms with Crippen molar-refractivity contribution >= 4 is 32.5 Å². The summed E-state index contributed by atoms with van der Waals surface area (Å²) in [4.78, 5) is 15.8. The molecule has 0 saturated carbocycles. The zero-order chi connectivity index (χ0) is 14.2. The third kappa shape index (κ3) is 2.58. The number of carboxylic acids is 1. The van der Waals surface area contributed by atoms with Crippen LogP contribution in [0, 0.1) is 13.8 Å². The molecular formula is C9H10N4O4S2. The number of hydrogen-bond acceptors (Lipinski definition) is 6. The van der Waals surface area contributed by atoms with Crippen molar-refractivity contribution in [2.75, 3.05) is 4.72 Å². The van der Waals surface area contributed by atoms with Crippen molar-refractivity contribution in [3.8, 4) is 0 Å². The molecule has 0 aromatic carbocycles. The van der Waals surface area contributed by atoms with Gasteiger partial charge in [-0.25, -0.2) is 9.78 Å². The number of aromatic carboxylic acids is 1. The van der Waals surface area contributed by atoms with Crippen molar-refractivity contribution in [1.29, 1.82) is 0 Å². The molecule has 0 aliphatic carbocycles. The Hall–Kier alpha value is -1.94. The first-order chi connectivity index (χ1) is 8.81. The fourth-order valence-electron chi connectivity index (χ4n) is 1.31. The SMILES string of the molecule is Cc1nc(NS(=O)(=O)c2[nH]ncc2C(=O)O)sc1C. The Morgan fingerprint density at radius 1 is 1.47 bits per heavy atom. The summed E-state index contributed by atoms with van der Waals surface area (Å²) in [6.45, 7) is 3.56. The first-order valence-corrected chi connectivity index (χ1v) is 7.34. The van der Waals surface area contributed by atoms with E-state index >= 15 is 0 Å². The van der Waals surface area contributed by atoms with Gasteiger partial charge in [-0.1, -0.05) is 0 Å². The Morgan fingerprint density at radius 3 is 2.68 bits per heavy atom. The van der Waals surface area contributed by atoms with Gasteiger partial charge >= 0.3 is 5.97 Å². The maximum absolute atomic E-state index is 12.0. The van der Waals surface area contributed by atoms with E-state index in [1.807, 2.05) is 6.92 Å². The summed E-state index contributed by atoms with van der Waals surface area (Å²) in [5.74, 6) is -1.37. The molecule has 10 heteroatoms. The highest BCUT2D eigenvalue weighted by molar-refractivity contribution is 7.92. The first-order valence-electron chi connectivity index (χ1n) is 5.05. The molecule has 0 bridgehead atoms. The molecule has 2 aromatic heterocycles. The highest BCUT2D eigenvalue weighted by Gasteiger charge is 2.25. The first kappa shape index (κ1) is 13.5. The number of anilines is 1. The number of hydrogen-bond donors (Lipinski definition) is 3. The van der Waals surface area contributed by atoms with Crippen molar-refractivity contribution in [2.24, 2.45) is 0 Å². The monoisotopic (exact) mass is 302 g/mol. The molecular weight excluding hydrogens is 292 g/mol. The second-order valence-corrected chi connectivity index (χ2v) is 6.51. The summed E-state index contributed by atoms with van der Waals surface area (Å²) in [7, 11) is -4.05. The number of rotatable bonds is 4. The predicted molar refractivity (Wildman–Crippen MR) is 67.9 cm³/mol. The fraction of sp³-hybridized carbons (Fsp3) is 0.222. The van der Waals surface area contributed by atoms with E-state index in [4.69, 9.17) is 5.11 Å². The van der Waals surface area contributed by atoms with Crippen molar-refractivity contribution in [3.63, 3.8) is 0 Å². The average Bonchev–Trinajstić information content (AvgIpc) is 2.86. The van der Waals surface area contributed by atoms with Crippen LogP contribution in [0.4, 0.5) is 5.13 Å². The van der Waals surface area contributed by atoms with E-state index in [0.717, 1.165) is 11.1 Å². The van der Waals surface area contributed by atoms with E-state index in [9.17, 15) is 13.2 Å². The van der Waals surface area contributed by atoms with Gasteiger partial charge in [-0.15, -0.1) is 11.3 Å². The van der Waals surface area contributed by atoms with Crippen LogP contribution in [-0.4, -0.2) is 34.7 Å². The number of sulfonamides is 1. The highest BCUT2D eigenvalue weighted by Crippen LogP contribution is 2.24. The smallest absolute Gasteiger partial charge is 0.340 e. The summed E-state index contributed by atoms with van der Waals surface area (Å²) in [5.41, 5.74) is 0.295. The van der Waals surface area contributed by atoms with E-state index < -0.39 is 26.6 Å². The quantitative estimate of drug-likeness (QED) is 0.773. The third-order valence-electron chi connectivity index (χ3n) is 2.35. The number of carboxylic acid groups (broad SMARTS) is 1. The second kappa shape index (κ2) is 4.63. The molecule has 0 fully saturated rings. The van der Waals surface area contributed by atoms with Crippen LogP contribution in [0.15, 0.2) is 11.2 Å². The van der Waals surface area contributed by atoms with E-state index in [1.54, 1.807) is 6.92 Å². The lowest BCUT2D eigenvalue weighted by atomic mass is 10.4. The number of nitrogens with one attached hydrogen (secondary N) is 2. The number of thiazole rings is 1. The maximum Gasteiger partial charge on any atom is 0.340 e. The summed E-state index contributed by atoms with van der Waals surface area (Å²) in [5, 5.41) is 14.2. The molecule has 102 valence electrons. The lowest BCUT2D eigenvalue weighted by molar-refractivity contribution is 0.0692. The molecule has 8 nitrogen and oxygen atoms in total. The van der Waals surface area contributed by atoms with Crippen molar-refractivity contribution < 1.29 is 18.3 Å². The van der Waals surface area contributed by atoms with Crippen LogP contribution < -0.4 is 4.72 Å². The number of aromatic nitrogens is 3. The van der Waals surface area contributed by atoms with E-state index in [-0.39, 0.29) is 5.13 Å². The zero-order valence-electron chi connectivity index (χ0n) is 9.96. The van der Waals surface area contributed by atoms with E-state index in [2.05, 4.69) is 19.9 Å². The lowest BCUT2D eigenvalue weighted by Gasteiger charge is -2.03. The Labute approximate surface area is 112 Å². The van der Waals surface area contributed by atoms with Crippen LogP contribution in [0.5, 0.6) is 0 Å². The van der Waals surface area contributed by atoms with Crippen LogP contribution in [0.2, 0.25) is 0 Å². The summed E-state index contributed by atoms with van der Waals surface area (Å²) >= 11 is 1.17. The molecule has 0 unspecified atom stereocenters. The number of aryl methyl sites for hydroxylation is 2. The van der Waals surface area contributed by atoms with Gasteiger partial charge in [0.15, 0.2) is 10.2 Å². The summed E-state index contributed by atoms with van der Waals surface area (Å²) in [6, 6.07) is 0. The van der Waals surface area contributed by atoms with Crippen molar-refractivity contribution in [2.45, 2.75) is 18.9 Å². The van der Waals surface area contributed by atoms with Gasteiger partial charge in [0, 0.05) is 4.88 Å². The number of aromatic amines is 1. The zero-order valence-corrected chi connectivity index (χ0v) is 11.6. The normalized spacial score (nSPS) is 11.5. The molecule has 0 radical (unpaired) electrons. The number of carbonyl (C=O) groups is 1. The molecule has 0 aliphatic rings. The molecule has 2 heterocycles. The van der Waals surface area contributed by atoms with Gasteiger partial charge in [-0.3, -0.25) is 9.82 Å². The molecule has 0 atom stereocenters. The largest absolute Gasteiger partial charge is 0.478 e. The van der Waals surface area contributed by atoms with Gasteiger partial charge in [0.1, 0.15) is 5.56 Å². The van der Waals surface area contributed by atoms with Crippen LogP contribution >= 0.6 is 11.3 Å². The van der Waals surface area contributed by atoms with Gasteiger partial charge in [0.05, 0.1) is 11.9 Å². The lowest BCUT2D eigenvalue weighted by Crippen LogP contribution is -2.16. The van der Waals surface area contributed by atoms with Gasteiger partial charge in [0.25, 0.3) is 10.0 Å². The van der Waals surface area contributed by atoms with Crippen LogP contribution in [0.1, 0.15) is 20.9 Å². The minimum Gasteiger partial charge on any atom is -0.478 e. The van der Waals surface area contributed by atoms with E-state index in [0.29, 0.717) is 5.69 Å². The molecule has 0 spiro atoms. The summed E-state index contributed by atoms with van der Waals surface area (Å²) in [6.07, 6.45) is 0.940. The molecule has 19 heavy (non-hydrogen) atoms. The van der Waals surface area contributed by atoms with Crippen molar-refractivity contribution in [1.82, 2.24) is 15.2 Å². The molecule has 0 aliphatic heterocycles. The van der Waals surface area contributed by atoms with Crippen LogP contribution in [0.3, 0.4) is 0 Å². The van der Waals surface area contributed by atoms with Crippen LogP contribution in [0.25, 0.3) is 0 Å². The van der Waals surface area contributed by atoms with Gasteiger partial charge in [0.2, 0.25) is 0 Å².